The fraction of sp³-hybridized carbons (Fsp3) is 0.800. The Morgan fingerprint density at radius 1 is 1.53 bits per heavy atom. The molecular formula is C10H18N2O3. The van der Waals surface area contributed by atoms with Gasteiger partial charge in [0.2, 0.25) is 5.91 Å². The Balaban J connectivity index is 2.42. The Labute approximate surface area is 89.2 Å². The molecule has 1 fully saturated rings. The maximum atomic E-state index is 11.6. The van der Waals surface area contributed by atoms with Gasteiger partial charge in [0, 0.05) is 5.92 Å². The molecule has 0 aromatic carbocycles. The van der Waals surface area contributed by atoms with E-state index in [4.69, 9.17) is 5.11 Å². The second kappa shape index (κ2) is 5.11. The number of hydrogen-bond donors (Lipinski definition) is 3. The summed E-state index contributed by atoms with van der Waals surface area (Å²) in [5.41, 5.74) is 0. The van der Waals surface area contributed by atoms with E-state index in [1.54, 1.807) is 6.92 Å². The van der Waals surface area contributed by atoms with E-state index in [-0.39, 0.29) is 11.8 Å². The third-order valence-electron chi connectivity index (χ3n) is 2.96. The minimum Gasteiger partial charge on any atom is -0.480 e. The van der Waals surface area contributed by atoms with Crippen LogP contribution in [0.5, 0.6) is 0 Å². The van der Waals surface area contributed by atoms with E-state index in [0.717, 1.165) is 13.1 Å². The van der Waals surface area contributed by atoms with Crippen molar-refractivity contribution in [3.8, 4) is 0 Å². The molecule has 1 saturated heterocycles. The molecule has 1 heterocycles. The van der Waals surface area contributed by atoms with Crippen LogP contribution in [0.3, 0.4) is 0 Å². The third kappa shape index (κ3) is 2.92. The van der Waals surface area contributed by atoms with Crippen LogP contribution in [0.4, 0.5) is 0 Å². The maximum absolute atomic E-state index is 11.6. The zero-order valence-corrected chi connectivity index (χ0v) is 9.12. The highest BCUT2D eigenvalue weighted by Crippen LogP contribution is 2.16. The van der Waals surface area contributed by atoms with Gasteiger partial charge in [0.1, 0.15) is 6.04 Å². The van der Waals surface area contributed by atoms with Gasteiger partial charge >= 0.3 is 5.97 Å². The average molecular weight is 214 g/mol. The number of carbonyl (C=O) groups excluding carboxylic acids is 1. The number of hydrogen-bond acceptors (Lipinski definition) is 3. The van der Waals surface area contributed by atoms with E-state index in [9.17, 15) is 9.59 Å². The molecule has 5 heteroatoms. The van der Waals surface area contributed by atoms with Gasteiger partial charge in [0.25, 0.3) is 0 Å². The highest BCUT2D eigenvalue weighted by molar-refractivity contribution is 5.84. The highest BCUT2D eigenvalue weighted by Gasteiger charge is 2.30. The van der Waals surface area contributed by atoms with Gasteiger partial charge in [-0.25, -0.2) is 4.79 Å². The van der Waals surface area contributed by atoms with Crippen LogP contribution in [-0.4, -0.2) is 36.1 Å². The lowest BCUT2D eigenvalue weighted by Crippen LogP contribution is -2.52. The first kappa shape index (κ1) is 12.0. The van der Waals surface area contributed by atoms with Gasteiger partial charge in [-0.15, -0.1) is 0 Å². The summed E-state index contributed by atoms with van der Waals surface area (Å²) in [5, 5.41) is 14.4. The SMILES string of the molecule is CCC(NC(=O)C(C)C1CNC1)C(=O)O. The summed E-state index contributed by atoms with van der Waals surface area (Å²) in [4.78, 5) is 22.4. The molecule has 5 nitrogen and oxygen atoms in total. The van der Waals surface area contributed by atoms with Crippen LogP contribution in [-0.2, 0) is 9.59 Å². The fourth-order valence-electron chi connectivity index (χ4n) is 1.52. The van der Waals surface area contributed by atoms with Crippen LogP contribution in [0.15, 0.2) is 0 Å². The molecule has 0 saturated carbocycles. The molecule has 0 aromatic heterocycles. The van der Waals surface area contributed by atoms with Crippen molar-refractivity contribution in [2.75, 3.05) is 13.1 Å². The van der Waals surface area contributed by atoms with Crippen LogP contribution in [0.1, 0.15) is 20.3 Å². The number of amides is 1. The number of rotatable bonds is 5. The summed E-state index contributed by atoms with van der Waals surface area (Å²) in [5.74, 6) is -0.892. The average Bonchev–Trinajstić information content (AvgIpc) is 2.10. The van der Waals surface area contributed by atoms with Gasteiger partial charge < -0.3 is 15.7 Å². The molecule has 0 aliphatic carbocycles. The minimum absolute atomic E-state index is 0.111. The topological polar surface area (TPSA) is 78.4 Å². The van der Waals surface area contributed by atoms with Crippen LogP contribution in [0.25, 0.3) is 0 Å². The molecule has 86 valence electrons. The highest BCUT2D eigenvalue weighted by atomic mass is 16.4. The Hall–Kier alpha value is -1.10. The molecule has 0 bridgehead atoms. The van der Waals surface area contributed by atoms with Crippen LogP contribution in [0.2, 0.25) is 0 Å². The molecule has 0 spiro atoms. The van der Waals surface area contributed by atoms with Crippen molar-refractivity contribution in [2.45, 2.75) is 26.3 Å². The first-order valence-corrected chi connectivity index (χ1v) is 5.30. The van der Waals surface area contributed by atoms with Gasteiger partial charge in [-0.2, -0.15) is 0 Å². The zero-order valence-electron chi connectivity index (χ0n) is 9.12. The molecule has 1 amide bonds. The smallest absolute Gasteiger partial charge is 0.326 e. The first-order valence-electron chi connectivity index (χ1n) is 5.30. The number of carboxylic acids is 1. The van der Waals surface area contributed by atoms with Gasteiger partial charge in [-0.1, -0.05) is 13.8 Å². The fourth-order valence-corrected chi connectivity index (χ4v) is 1.52. The normalized spacial score (nSPS) is 20.1. The quantitative estimate of drug-likeness (QED) is 0.593. The lowest BCUT2D eigenvalue weighted by molar-refractivity contribution is -0.142. The monoisotopic (exact) mass is 214 g/mol. The zero-order chi connectivity index (χ0) is 11.4. The Bertz CT molecular complexity index is 251. The summed E-state index contributed by atoms with van der Waals surface area (Å²) >= 11 is 0. The largest absolute Gasteiger partial charge is 0.480 e. The lowest BCUT2D eigenvalue weighted by atomic mass is 9.88. The van der Waals surface area contributed by atoms with E-state index in [2.05, 4.69) is 10.6 Å². The van der Waals surface area contributed by atoms with Crippen molar-refractivity contribution >= 4 is 11.9 Å². The Kier molecular flexibility index (Phi) is 4.08. The predicted octanol–water partition coefficient (Wildman–Crippen LogP) is -0.179. The first-order chi connectivity index (χ1) is 7.06. The third-order valence-corrected chi connectivity index (χ3v) is 2.96. The molecule has 3 N–H and O–H groups in total. The van der Waals surface area contributed by atoms with Gasteiger partial charge in [0.15, 0.2) is 0 Å². The van der Waals surface area contributed by atoms with Crippen molar-refractivity contribution in [3.63, 3.8) is 0 Å². The standard InChI is InChI=1S/C10H18N2O3/c1-3-8(10(14)15)12-9(13)6(2)7-4-11-5-7/h6-8,11H,3-5H2,1-2H3,(H,12,13)(H,14,15). The van der Waals surface area contributed by atoms with Gasteiger partial charge in [-0.05, 0) is 25.4 Å². The molecular weight excluding hydrogens is 196 g/mol. The van der Waals surface area contributed by atoms with Gasteiger partial charge in [-0.3, -0.25) is 4.79 Å². The molecule has 2 atom stereocenters. The van der Waals surface area contributed by atoms with Gasteiger partial charge in [0.05, 0.1) is 0 Å². The van der Waals surface area contributed by atoms with Crippen molar-refractivity contribution in [2.24, 2.45) is 11.8 Å². The second-order valence-corrected chi connectivity index (χ2v) is 4.01. The molecule has 15 heavy (non-hydrogen) atoms. The maximum Gasteiger partial charge on any atom is 0.326 e. The Morgan fingerprint density at radius 2 is 2.13 bits per heavy atom. The van der Waals surface area contributed by atoms with Crippen LogP contribution in [0, 0.1) is 11.8 Å². The van der Waals surface area contributed by atoms with Crippen molar-refractivity contribution in [3.05, 3.63) is 0 Å². The number of carboxylic acid groups (broad SMARTS) is 1. The van der Waals surface area contributed by atoms with Crippen LogP contribution < -0.4 is 10.6 Å². The summed E-state index contributed by atoms with van der Waals surface area (Å²) in [7, 11) is 0. The molecule has 0 radical (unpaired) electrons. The summed E-state index contributed by atoms with van der Waals surface area (Å²) in [6, 6.07) is -0.756. The lowest BCUT2D eigenvalue weighted by Gasteiger charge is -2.32. The van der Waals surface area contributed by atoms with Crippen molar-refractivity contribution in [1.29, 1.82) is 0 Å². The molecule has 2 unspecified atom stereocenters. The molecule has 1 aliphatic rings. The van der Waals surface area contributed by atoms with E-state index < -0.39 is 12.0 Å². The van der Waals surface area contributed by atoms with E-state index in [1.807, 2.05) is 6.92 Å². The number of aliphatic carboxylic acids is 1. The van der Waals surface area contributed by atoms with E-state index >= 15 is 0 Å². The summed E-state index contributed by atoms with van der Waals surface area (Å²) in [6.45, 7) is 5.28. The van der Waals surface area contributed by atoms with E-state index in [1.165, 1.54) is 0 Å². The van der Waals surface area contributed by atoms with Crippen molar-refractivity contribution < 1.29 is 14.7 Å². The minimum atomic E-state index is -0.968. The molecule has 1 rings (SSSR count). The van der Waals surface area contributed by atoms with Crippen LogP contribution >= 0.6 is 0 Å². The number of nitrogens with one attached hydrogen (secondary N) is 2. The molecule has 1 aliphatic heterocycles. The number of carbonyl (C=O) groups is 2. The van der Waals surface area contributed by atoms with Crippen molar-refractivity contribution in [1.82, 2.24) is 10.6 Å². The second-order valence-electron chi connectivity index (χ2n) is 4.01. The Morgan fingerprint density at radius 3 is 2.47 bits per heavy atom. The summed E-state index contributed by atoms with van der Waals surface area (Å²) in [6.07, 6.45) is 0.413. The predicted molar refractivity (Wildman–Crippen MR) is 55.4 cm³/mol. The van der Waals surface area contributed by atoms with E-state index in [0.29, 0.717) is 12.3 Å². The summed E-state index contributed by atoms with van der Waals surface area (Å²) < 4.78 is 0. The molecule has 0 aromatic rings.